The van der Waals surface area contributed by atoms with E-state index in [-0.39, 0.29) is 40.0 Å². The van der Waals surface area contributed by atoms with Crippen LogP contribution in [0.1, 0.15) is 33.9 Å². The molecule has 21 heavy (non-hydrogen) atoms. The quantitative estimate of drug-likeness (QED) is 0.568. The Morgan fingerprint density at radius 1 is 1.38 bits per heavy atom. The first-order chi connectivity index (χ1) is 9.73. The lowest BCUT2D eigenvalue weighted by Gasteiger charge is -2.06. The third-order valence-corrected chi connectivity index (χ3v) is 5.76. The number of ether oxygens (including phenoxy) is 1. The molecule has 0 saturated carbocycles. The summed E-state index contributed by atoms with van der Waals surface area (Å²) in [5.74, 6) is -0.963. The van der Waals surface area contributed by atoms with E-state index in [0.717, 1.165) is 11.3 Å². The molecule has 0 fully saturated rings. The molecule has 1 rings (SSSR count). The predicted octanol–water partition coefficient (Wildman–Crippen LogP) is 1.17. The number of rotatable bonds is 7. The van der Waals surface area contributed by atoms with Crippen molar-refractivity contribution in [1.29, 1.82) is 0 Å². The fourth-order valence-electron chi connectivity index (χ4n) is 1.60. The van der Waals surface area contributed by atoms with Crippen LogP contribution in [0.15, 0.2) is 0 Å². The van der Waals surface area contributed by atoms with Gasteiger partial charge in [0.1, 0.15) is 10.6 Å². The van der Waals surface area contributed by atoms with Gasteiger partial charge < -0.3 is 15.8 Å². The molecule has 1 heterocycles. The van der Waals surface area contributed by atoms with Gasteiger partial charge in [-0.15, -0.1) is 11.3 Å². The molecular weight excluding hydrogens is 316 g/mol. The van der Waals surface area contributed by atoms with Crippen molar-refractivity contribution in [1.82, 2.24) is 0 Å². The molecule has 0 aliphatic rings. The van der Waals surface area contributed by atoms with Crippen molar-refractivity contribution in [2.75, 3.05) is 36.2 Å². The Morgan fingerprint density at radius 3 is 2.48 bits per heavy atom. The van der Waals surface area contributed by atoms with Crippen LogP contribution in [0.3, 0.4) is 0 Å². The van der Waals surface area contributed by atoms with Gasteiger partial charge >= 0.3 is 5.97 Å². The zero-order valence-corrected chi connectivity index (χ0v) is 13.7. The third-order valence-electron chi connectivity index (χ3n) is 2.79. The van der Waals surface area contributed by atoms with Crippen molar-refractivity contribution in [3.8, 4) is 0 Å². The maximum absolute atomic E-state index is 11.7. The molecule has 0 unspecified atom stereocenters. The number of hydrogen-bond acceptors (Lipinski definition) is 8. The summed E-state index contributed by atoms with van der Waals surface area (Å²) in [6, 6.07) is 0. The summed E-state index contributed by atoms with van der Waals surface area (Å²) in [6.07, 6.45) is 0. The number of carbonyl (C=O) groups excluding carboxylic acids is 2. The first-order valence-corrected chi connectivity index (χ1v) is 8.83. The van der Waals surface area contributed by atoms with E-state index in [1.54, 1.807) is 6.92 Å². The van der Waals surface area contributed by atoms with Crippen LogP contribution in [0.5, 0.6) is 0 Å². The molecular formula is C12H18N2O5S2. The second kappa shape index (κ2) is 6.90. The standard InChI is InChI=1S/C12H18N2O5S2/c1-4-21(17,18)6-5-14-11-8(12(16)19-3)9(13)10(20-11)7(2)15/h14H,4-6,13H2,1-3H3. The Hall–Kier alpha value is -1.61. The minimum atomic E-state index is -3.12. The van der Waals surface area contributed by atoms with Gasteiger partial charge in [-0.25, -0.2) is 13.2 Å². The molecule has 9 heteroatoms. The van der Waals surface area contributed by atoms with Crippen molar-refractivity contribution in [3.63, 3.8) is 0 Å². The number of anilines is 2. The van der Waals surface area contributed by atoms with Gasteiger partial charge in [-0.3, -0.25) is 4.79 Å². The van der Waals surface area contributed by atoms with Crippen molar-refractivity contribution >= 4 is 43.6 Å². The molecule has 0 saturated heterocycles. The lowest BCUT2D eigenvalue weighted by atomic mass is 10.2. The number of methoxy groups -OCH3 is 1. The van der Waals surface area contributed by atoms with Crippen LogP contribution in [0.4, 0.5) is 10.7 Å². The Labute approximate surface area is 127 Å². The molecule has 0 radical (unpaired) electrons. The van der Waals surface area contributed by atoms with Crippen LogP contribution in [-0.2, 0) is 14.6 Å². The van der Waals surface area contributed by atoms with Crippen molar-refractivity contribution in [2.24, 2.45) is 0 Å². The van der Waals surface area contributed by atoms with E-state index in [1.165, 1.54) is 14.0 Å². The van der Waals surface area contributed by atoms with Gasteiger partial charge in [-0.2, -0.15) is 0 Å². The minimum absolute atomic E-state index is 0.0455. The topological polar surface area (TPSA) is 116 Å². The Balaban J connectivity index is 3.03. The number of esters is 1. The molecule has 1 aromatic rings. The molecule has 7 nitrogen and oxygen atoms in total. The highest BCUT2D eigenvalue weighted by atomic mass is 32.2. The molecule has 0 aliphatic carbocycles. The number of carbonyl (C=O) groups is 2. The Bertz CT molecular complexity index is 649. The largest absolute Gasteiger partial charge is 0.465 e. The number of sulfone groups is 1. The lowest BCUT2D eigenvalue weighted by Crippen LogP contribution is -2.18. The highest BCUT2D eigenvalue weighted by molar-refractivity contribution is 7.91. The van der Waals surface area contributed by atoms with Crippen LogP contribution in [0.2, 0.25) is 0 Å². The summed E-state index contributed by atoms with van der Waals surface area (Å²) in [5.41, 5.74) is 5.92. The first kappa shape index (κ1) is 17.4. The summed E-state index contributed by atoms with van der Waals surface area (Å²) in [6.45, 7) is 3.03. The number of thiophene rings is 1. The molecule has 0 aliphatic heterocycles. The summed E-state index contributed by atoms with van der Waals surface area (Å²) in [7, 11) is -1.91. The smallest absolute Gasteiger partial charge is 0.343 e. The maximum atomic E-state index is 11.7. The summed E-state index contributed by atoms with van der Waals surface area (Å²) < 4.78 is 27.5. The van der Waals surface area contributed by atoms with Gasteiger partial charge in [0.05, 0.1) is 23.4 Å². The summed E-state index contributed by atoms with van der Waals surface area (Å²) in [5, 5.41) is 3.18. The van der Waals surface area contributed by atoms with Gasteiger partial charge in [0, 0.05) is 19.2 Å². The summed E-state index contributed by atoms with van der Waals surface area (Å²) in [4.78, 5) is 23.5. The van der Waals surface area contributed by atoms with E-state index in [1.807, 2.05) is 0 Å². The highest BCUT2D eigenvalue weighted by Crippen LogP contribution is 2.36. The van der Waals surface area contributed by atoms with Crippen molar-refractivity contribution in [2.45, 2.75) is 13.8 Å². The fraction of sp³-hybridized carbons (Fsp3) is 0.500. The number of nitrogens with two attached hydrogens (primary N) is 1. The second-order valence-electron chi connectivity index (χ2n) is 4.26. The van der Waals surface area contributed by atoms with Crippen LogP contribution in [0.25, 0.3) is 0 Å². The van der Waals surface area contributed by atoms with E-state index in [0.29, 0.717) is 5.00 Å². The molecule has 1 aromatic heterocycles. The predicted molar refractivity (Wildman–Crippen MR) is 82.9 cm³/mol. The van der Waals surface area contributed by atoms with Gasteiger partial charge in [0.2, 0.25) is 0 Å². The average Bonchev–Trinajstić information content (AvgIpc) is 2.75. The van der Waals surface area contributed by atoms with E-state index >= 15 is 0 Å². The highest BCUT2D eigenvalue weighted by Gasteiger charge is 2.24. The number of ketones is 1. The van der Waals surface area contributed by atoms with Gasteiger partial charge in [-0.1, -0.05) is 6.92 Å². The first-order valence-electron chi connectivity index (χ1n) is 6.19. The van der Waals surface area contributed by atoms with Crippen molar-refractivity contribution < 1.29 is 22.7 Å². The van der Waals surface area contributed by atoms with Crippen LogP contribution in [0, 0.1) is 0 Å². The van der Waals surface area contributed by atoms with Crippen LogP contribution >= 0.6 is 11.3 Å². The van der Waals surface area contributed by atoms with Gasteiger partial charge in [0.15, 0.2) is 15.6 Å². The zero-order chi connectivity index (χ0) is 16.2. The van der Waals surface area contributed by atoms with E-state index in [9.17, 15) is 18.0 Å². The lowest BCUT2D eigenvalue weighted by molar-refractivity contribution is 0.0603. The molecule has 0 atom stereocenters. The molecule has 0 aromatic carbocycles. The number of hydrogen-bond donors (Lipinski definition) is 2. The van der Waals surface area contributed by atoms with E-state index < -0.39 is 15.8 Å². The van der Waals surface area contributed by atoms with Crippen molar-refractivity contribution in [3.05, 3.63) is 10.4 Å². The SMILES string of the molecule is CCS(=O)(=O)CCNc1sc(C(C)=O)c(N)c1C(=O)OC. The average molecular weight is 334 g/mol. The molecule has 0 spiro atoms. The maximum Gasteiger partial charge on any atom is 0.343 e. The number of nitrogens with one attached hydrogen (secondary N) is 1. The Morgan fingerprint density at radius 2 is 2.00 bits per heavy atom. The van der Waals surface area contributed by atoms with Crippen LogP contribution < -0.4 is 11.1 Å². The number of Topliss-reactive ketones (excluding diaryl/α,β-unsaturated/α-hetero) is 1. The monoisotopic (exact) mass is 334 g/mol. The number of nitrogen functional groups attached to an aromatic ring is 1. The minimum Gasteiger partial charge on any atom is -0.465 e. The molecule has 118 valence electrons. The molecule has 3 N–H and O–H groups in total. The zero-order valence-electron chi connectivity index (χ0n) is 12.1. The van der Waals surface area contributed by atoms with Crippen LogP contribution in [-0.4, -0.2) is 45.3 Å². The van der Waals surface area contributed by atoms with Gasteiger partial charge in [-0.05, 0) is 0 Å². The van der Waals surface area contributed by atoms with Gasteiger partial charge in [0.25, 0.3) is 0 Å². The van der Waals surface area contributed by atoms with E-state index in [2.05, 4.69) is 10.1 Å². The van der Waals surface area contributed by atoms with E-state index in [4.69, 9.17) is 5.73 Å². The Kier molecular flexibility index (Phi) is 5.73. The molecule has 0 amide bonds. The summed E-state index contributed by atoms with van der Waals surface area (Å²) >= 11 is 1.01. The second-order valence-corrected chi connectivity index (χ2v) is 7.75. The third kappa shape index (κ3) is 4.18. The molecule has 0 bridgehead atoms. The normalized spacial score (nSPS) is 11.2. The fourth-order valence-corrected chi connectivity index (χ4v) is 3.33.